The fourth-order valence-corrected chi connectivity index (χ4v) is 4.83. The van der Waals surface area contributed by atoms with Crippen LogP contribution in [0, 0.1) is 12.7 Å². The minimum Gasteiger partial charge on any atom is -0.351 e. The highest BCUT2D eigenvalue weighted by molar-refractivity contribution is 7.92. The summed E-state index contributed by atoms with van der Waals surface area (Å²) in [5.41, 5.74) is 1.97. The molecule has 3 aromatic rings. The van der Waals surface area contributed by atoms with Crippen molar-refractivity contribution in [3.8, 4) is 0 Å². The lowest BCUT2D eigenvalue weighted by Gasteiger charge is -2.23. The van der Waals surface area contributed by atoms with Gasteiger partial charge in [0.15, 0.2) is 0 Å². The van der Waals surface area contributed by atoms with Crippen LogP contribution < -0.4 is 15.4 Å². The quantitative estimate of drug-likeness (QED) is 0.452. The molecule has 0 atom stereocenters. The highest BCUT2D eigenvalue weighted by Gasteiger charge is 2.16. The fraction of sp³-hybridized carbons (Fsp3) is 0.304. The van der Waals surface area contributed by atoms with Crippen LogP contribution in [-0.4, -0.2) is 24.4 Å². The van der Waals surface area contributed by atoms with Crippen LogP contribution in [0.25, 0.3) is 0 Å². The number of nitrogens with zero attached hydrogens (tertiary/aromatic N) is 2. The van der Waals surface area contributed by atoms with Gasteiger partial charge in [0.25, 0.3) is 10.0 Å². The van der Waals surface area contributed by atoms with E-state index in [0.29, 0.717) is 23.5 Å². The number of rotatable bonds is 7. The molecule has 1 fully saturated rings. The molecular weight excluding hydrogens is 429 g/mol. The van der Waals surface area contributed by atoms with Crippen molar-refractivity contribution < 1.29 is 12.8 Å². The third kappa shape index (κ3) is 5.73. The summed E-state index contributed by atoms with van der Waals surface area (Å²) >= 11 is 0. The second-order valence-corrected chi connectivity index (χ2v) is 9.65. The van der Waals surface area contributed by atoms with Crippen molar-refractivity contribution >= 4 is 33.2 Å². The fourth-order valence-electron chi connectivity index (χ4n) is 3.74. The van der Waals surface area contributed by atoms with Gasteiger partial charge in [-0.3, -0.25) is 4.72 Å². The minimum atomic E-state index is -3.87. The van der Waals surface area contributed by atoms with Gasteiger partial charge >= 0.3 is 0 Å². The molecule has 168 valence electrons. The predicted molar refractivity (Wildman–Crippen MR) is 124 cm³/mol. The largest absolute Gasteiger partial charge is 0.351 e. The first-order valence-corrected chi connectivity index (χ1v) is 12.1. The summed E-state index contributed by atoms with van der Waals surface area (Å²) in [4.78, 5) is 8.94. The molecule has 0 bridgehead atoms. The maximum absolute atomic E-state index is 13.4. The first kappa shape index (κ1) is 22.0. The zero-order valence-corrected chi connectivity index (χ0v) is 18.6. The van der Waals surface area contributed by atoms with Crippen molar-refractivity contribution in [2.45, 2.75) is 50.0 Å². The van der Waals surface area contributed by atoms with Gasteiger partial charge in [0.2, 0.25) is 5.95 Å². The van der Waals surface area contributed by atoms with Crippen molar-refractivity contribution in [1.29, 1.82) is 0 Å². The zero-order valence-electron chi connectivity index (χ0n) is 17.8. The Morgan fingerprint density at radius 2 is 1.66 bits per heavy atom. The van der Waals surface area contributed by atoms with Crippen LogP contribution in [0.5, 0.6) is 0 Å². The Bertz CT molecular complexity index is 1180. The monoisotopic (exact) mass is 455 g/mol. The van der Waals surface area contributed by atoms with E-state index in [1.54, 1.807) is 24.3 Å². The van der Waals surface area contributed by atoms with E-state index in [1.165, 1.54) is 37.5 Å². The van der Waals surface area contributed by atoms with Crippen LogP contribution in [-0.2, 0) is 10.0 Å². The van der Waals surface area contributed by atoms with Gasteiger partial charge in [-0.1, -0.05) is 25.3 Å². The number of halogens is 1. The van der Waals surface area contributed by atoms with Gasteiger partial charge < -0.3 is 10.6 Å². The molecule has 32 heavy (non-hydrogen) atoms. The number of hydrogen-bond donors (Lipinski definition) is 3. The second-order valence-electron chi connectivity index (χ2n) is 7.96. The van der Waals surface area contributed by atoms with Crippen molar-refractivity contribution in [1.82, 2.24) is 9.97 Å². The Labute approximate surface area is 187 Å². The van der Waals surface area contributed by atoms with Crippen LogP contribution in [0.4, 0.5) is 27.5 Å². The van der Waals surface area contributed by atoms with E-state index in [9.17, 15) is 12.8 Å². The van der Waals surface area contributed by atoms with Gasteiger partial charge in [-0.2, -0.15) is 4.98 Å². The predicted octanol–water partition coefficient (Wildman–Crippen LogP) is 5.21. The molecule has 9 heteroatoms. The molecule has 1 aliphatic rings. The van der Waals surface area contributed by atoms with Gasteiger partial charge in [0, 0.05) is 29.2 Å². The first-order chi connectivity index (χ1) is 15.4. The standard InChI is InChI=1S/C23H26FN5O2S/c1-16-14-22(28-23(25-16)27-18-7-3-2-4-8-18)26-19-10-12-20(13-11-19)29-32(30,31)21-9-5-6-17(24)15-21/h5-6,9-15,18,29H,2-4,7-8H2,1H3,(H2,25,26,27,28). The van der Waals surface area contributed by atoms with Crippen LogP contribution in [0.2, 0.25) is 0 Å². The second kappa shape index (κ2) is 9.52. The van der Waals surface area contributed by atoms with Crippen molar-refractivity contribution in [2.24, 2.45) is 0 Å². The Morgan fingerprint density at radius 1 is 0.938 bits per heavy atom. The van der Waals surface area contributed by atoms with Crippen molar-refractivity contribution in [3.05, 3.63) is 66.1 Å². The molecule has 4 rings (SSSR count). The van der Waals surface area contributed by atoms with E-state index in [4.69, 9.17) is 0 Å². The van der Waals surface area contributed by atoms with E-state index in [0.717, 1.165) is 30.3 Å². The zero-order chi connectivity index (χ0) is 22.6. The molecule has 3 N–H and O–H groups in total. The number of nitrogens with one attached hydrogen (secondary N) is 3. The molecule has 7 nitrogen and oxygen atoms in total. The summed E-state index contributed by atoms with van der Waals surface area (Å²) in [5.74, 6) is 0.660. The topological polar surface area (TPSA) is 96.0 Å². The highest BCUT2D eigenvalue weighted by atomic mass is 32.2. The average molecular weight is 456 g/mol. The molecule has 0 aliphatic heterocycles. The van der Waals surface area contributed by atoms with Gasteiger partial charge in [0.1, 0.15) is 11.6 Å². The molecular formula is C23H26FN5O2S. The molecule has 0 unspecified atom stereocenters. The van der Waals surface area contributed by atoms with Gasteiger partial charge in [0.05, 0.1) is 4.90 Å². The number of hydrogen-bond acceptors (Lipinski definition) is 6. The van der Waals surface area contributed by atoms with E-state index < -0.39 is 15.8 Å². The lowest BCUT2D eigenvalue weighted by Crippen LogP contribution is -2.23. The van der Waals surface area contributed by atoms with Crippen LogP contribution >= 0.6 is 0 Å². The van der Waals surface area contributed by atoms with E-state index in [-0.39, 0.29) is 4.90 Å². The number of benzene rings is 2. The third-order valence-corrected chi connectivity index (χ3v) is 6.69. The Hall–Kier alpha value is -3.20. The molecule has 0 spiro atoms. The SMILES string of the molecule is Cc1cc(Nc2ccc(NS(=O)(=O)c3cccc(F)c3)cc2)nc(NC2CCCCC2)n1. The van der Waals surface area contributed by atoms with Gasteiger partial charge in [-0.15, -0.1) is 0 Å². The maximum Gasteiger partial charge on any atom is 0.261 e. The number of anilines is 4. The van der Waals surface area contributed by atoms with Gasteiger partial charge in [-0.25, -0.2) is 17.8 Å². The Morgan fingerprint density at radius 3 is 2.38 bits per heavy atom. The Kier molecular flexibility index (Phi) is 6.55. The van der Waals surface area contributed by atoms with E-state index in [2.05, 4.69) is 25.3 Å². The van der Waals surface area contributed by atoms with Crippen LogP contribution in [0.1, 0.15) is 37.8 Å². The normalized spacial score (nSPS) is 14.7. The van der Waals surface area contributed by atoms with Gasteiger partial charge in [-0.05, 0) is 62.2 Å². The van der Waals surface area contributed by atoms with Crippen molar-refractivity contribution in [3.63, 3.8) is 0 Å². The average Bonchev–Trinajstić information content (AvgIpc) is 2.75. The first-order valence-electron chi connectivity index (χ1n) is 10.7. The lowest BCUT2D eigenvalue weighted by molar-refractivity contribution is 0.461. The molecule has 1 aliphatic carbocycles. The van der Waals surface area contributed by atoms with Crippen LogP contribution in [0.15, 0.2) is 59.5 Å². The summed E-state index contributed by atoms with van der Waals surface area (Å²) < 4.78 is 40.7. The van der Waals surface area contributed by atoms with Crippen molar-refractivity contribution in [2.75, 3.05) is 15.4 Å². The number of aryl methyl sites for hydroxylation is 1. The molecule has 1 aromatic heterocycles. The third-order valence-electron chi connectivity index (χ3n) is 5.31. The summed E-state index contributed by atoms with van der Waals surface area (Å²) in [6.45, 7) is 1.92. The molecule has 0 radical (unpaired) electrons. The van der Waals surface area contributed by atoms with E-state index in [1.807, 2.05) is 13.0 Å². The summed E-state index contributed by atoms with van der Waals surface area (Å²) in [6, 6.07) is 13.9. The number of sulfonamides is 1. The smallest absolute Gasteiger partial charge is 0.261 e. The van der Waals surface area contributed by atoms with Crippen LogP contribution in [0.3, 0.4) is 0 Å². The summed E-state index contributed by atoms with van der Waals surface area (Å²) in [6.07, 6.45) is 6.00. The Balaban J connectivity index is 1.43. The molecule has 1 saturated carbocycles. The minimum absolute atomic E-state index is 0.130. The summed E-state index contributed by atoms with van der Waals surface area (Å²) in [5, 5.41) is 6.67. The van der Waals surface area contributed by atoms with E-state index >= 15 is 0 Å². The maximum atomic E-state index is 13.4. The molecule has 1 heterocycles. The lowest BCUT2D eigenvalue weighted by atomic mass is 9.96. The highest BCUT2D eigenvalue weighted by Crippen LogP contribution is 2.23. The summed E-state index contributed by atoms with van der Waals surface area (Å²) in [7, 11) is -3.87. The number of aromatic nitrogens is 2. The molecule has 2 aromatic carbocycles. The molecule has 0 amide bonds. The molecule has 0 saturated heterocycles.